The molecule has 0 aliphatic carbocycles. The van der Waals surface area contributed by atoms with E-state index in [2.05, 4.69) is 21.9 Å². The first-order valence-electron chi connectivity index (χ1n) is 8.55. The van der Waals surface area contributed by atoms with Gasteiger partial charge in [-0.2, -0.15) is 5.10 Å². The maximum absolute atomic E-state index is 13.0. The maximum atomic E-state index is 13.0. The molecule has 2 atom stereocenters. The maximum Gasteiger partial charge on any atom is 0.259 e. The summed E-state index contributed by atoms with van der Waals surface area (Å²) in [4.78, 5) is 21.9. The number of carbonyl (C=O) groups excluding carboxylic acids is 1. The van der Waals surface area contributed by atoms with E-state index in [1.165, 1.54) is 0 Å². The molecule has 2 aromatic rings. The summed E-state index contributed by atoms with van der Waals surface area (Å²) >= 11 is 0. The first kappa shape index (κ1) is 15.5. The summed E-state index contributed by atoms with van der Waals surface area (Å²) in [6.07, 6.45) is 3.48. The van der Waals surface area contributed by atoms with Crippen LogP contribution >= 0.6 is 0 Å². The van der Waals surface area contributed by atoms with Crippen molar-refractivity contribution in [1.29, 1.82) is 0 Å². The molecule has 2 aromatic heterocycles. The lowest BCUT2D eigenvalue weighted by Gasteiger charge is -2.33. The van der Waals surface area contributed by atoms with Crippen molar-refractivity contribution in [2.75, 3.05) is 39.4 Å². The van der Waals surface area contributed by atoms with Gasteiger partial charge in [-0.1, -0.05) is 6.92 Å². The second-order valence-corrected chi connectivity index (χ2v) is 6.80. The van der Waals surface area contributed by atoms with Crippen molar-refractivity contribution in [3.63, 3.8) is 0 Å². The smallest absolute Gasteiger partial charge is 0.259 e. The number of aromatic nitrogens is 3. The molecule has 7 heteroatoms. The van der Waals surface area contributed by atoms with Crippen LogP contribution < -0.4 is 0 Å². The number of morpholine rings is 1. The summed E-state index contributed by atoms with van der Waals surface area (Å²) in [5.74, 6) is 0.495. The number of fused-ring (bicyclic) bond motifs is 1. The van der Waals surface area contributed by atoms with Crippen molar-refractivity contribution in [2.24, 2.45) is 5.92 Å². The Bertz CT molecular complexity index is 753. The average molecular weight is 329 g/mol. The molecule has 128 valence electrons. The van der Waals surface area contributed by atoms with Gasteiger partial charge in [0.05, 0.1) is 19.4 Å². The number of aryl methyl sites for hydroxylation is 1. The lowest BCUT2D eigenvalue weighted by molar-refractivity contribution is 0.0119. The van der Waals surface area contributed by atoms with E-state index in [1.807, 2.05) is 24.1 Å². The number of hydrogen-bond acceptors (Lipinski definition) is 5. The van der Waals surface area contributed by atoms with Gasteiger partial charge >= 0.3 is 0 Å². The molecule has 0 bridgehead atoms. The highest BCUT2D eigenvalue weighted by atomic mass is 16.5. The number of hydrogen-bond donors (Lipinski definition) is 0. The van der Waals surface area contributed by atoms with E-state index in [0.717, 1.165) is 45.1 Å². The van der Waals surface area contributed by atoms with E-state index >= 15 is 0 Å². The Kier molecular flexibility index (Phi) is 3.97. The third kappa shape index (κ3) is 2.67. The summed E-state index contributed by atoms with van der Waals surface area (Å²) in [5, 5.41) is 4.26. The average Bonchev–Trinajstić information content (AvgIpc) is 3.18. The predicted octanol–water partition coefficient (Wildman–Crippen LogP) is 0.830. The molecule has 2 aliphatic rings. The van der Waals surface area contributed by atoms with Crippen LogP contribution in [0.5, 0.6) is 0 Å². The molecule has 0 aromatic carbocycles. The second kappa shape index (κ2) is 6.14. The molecule has 0 saturated carbocycles. The van der Waals surface area contributed by atoms with Crippen molar-refractivity contribution in [2.45, 2.75) is 19.9 Å². The SMILES string of the molecule is Cc1ccn2ncc(C(=O)N3C[C@@H](C)[C@@H](N4CCOCC4)C3)c2n1. The first-order valence-corrected chi connectivity index (χ1v) is 8.55. The fourth-order valence-corrected chi connectivity index (χ4v) is 3.78. The minimum Gasteiger partial charge on any atom is -0.379 e. The van der Waals surface area contributed by atoms with Gasteiger partial charge in [-0.15, -0.1) is 0 Å². The topological polar surface area (TPSA) is 63.0 Å². The molecule has 0 spiro atoms. The van der Waals surface area contributed by atoms with Gasteiger partial charge in [-0.3, -0.25) is 9.69 Å². The third-order valence-electron chi connectivity index (χ3n) is 5.11. The Balaban J connectivity index is 1.55. The quantitative estimate of drug-likeness (QED) is 0.817. The van der Waals surface area contributed by atoms with Crippen molar-refractivity contribution < 1.29 is 9.53 Å². The zero-order valence-corrected chi connectivity index (χ0v) is 14.2. The summed E-state index contributed by atoms with van der Waals surface area (Å²) in [6, 6.07) is 2.30. The molecule has 0 unspecified atom stereocenters. The second-order valence-electron chi connectivity index (χ2n) is 6.80. The van der Waals surface area contributed by atoms with E-state index < -0.39 is 0 Å². The molecule has 0 N–H and O–H groups in total. The van der Waals surface area contributed by atoms with Crippen LogP contribution in [0, 0.1) is 12.8 Å². The fourth-order valence-electron chi connectivity index (χ4n) is 3.78. The minimum absolute atomic E-state index is 0.0331. The van der Waals surface area contributed by atoms with E-state index in [4.69, 9.17) is 4.74 Å². The van der Waals surface area contributed by atoms with E-state index in [1.54, 1.807) is 10.7 Å². The van der Waals surface area contributed by atoms with Crippen molar-refractivity contribution in [1.82, 2.24) is 24.4 Å². The first-order chi connectivity index (χ1) is 11.6. The van der Waals surface area contributed by atoms with Gasteiger partial charge in [0.15, 0.2) is 5.65 Å². The Morgan fingerprint density at radius 3 is 2.88 bits per heavy atom. The number of nitrogens with zero attached hydrogens (tertiary/aromatic N) is 5. The number of likely N-dealkylation sites (tertiary alicyclic amines) is 1. The van der Waals surface area contributed by atoms with Crippen molar-refractivity contribution in [3.05, 3.63) is 29.7 Å². The van der Waals surface area contributed by atoms with Gasteiger partial charge in [-0.25, -0.2) is 9.50 Å². The van der Waals surface area contributed by atoms with E-state index in [-0.39, 0.29) is 5.91 Å². The lowest BCUT2D eigenvalue weighted by Crippen LogP contribution is -2.47. The molecule has 2 saturated heterocycles. The van der Waals surface area contributed by atoms with Gasteiger partial charge in [-0.05, 0) is 18.9 Å². The van der Waals surface area contributed by atoms with Crippen LogP contribution in [0.2, 0.25) is 0 Å². The van der Waals surface area contributed by atoms with Crippen molar-refractivity contribution >= 4 is 11.6 Å². The van der Waals surface area contributed by atoms with Gasteiger partial charge in [0.1, 0.15) is 5.56 Å². The molecule has 4 heterocycles. The highest BCUT2D eigenvalue weighted by Crippen LogP contribution is 2.25. The van der Waals surface area contributed by atoms with Crippen LogP contribution in [0.3, 0.4) is 0 Å². The molecule has 1 amide bonds. The van der Waals surface area contributed by atoms with Crippen molar-refractivity contribution in [3.8, 4) is 0 Å². The zero-order chi connectivity index (χ0) is 16.7. The molecule has 4 rings (SSSR count). The van der Waals surface area contributed by atoms with Gasteiger partial charge in [0.2, 0.25) is 0 Å². The zero-order valence-electron chi connectivity index (χ0n) is 14.2. The number of carbonyl (C=O) groups is 1. The highest BCUT2D eigenvalue weighted by molar-refractivity contribution is 5.99. The largest absolute Gasteiger partial charge is 0.379 e. The third-order valence-corrected chi connectivity index (χ3v) is 5.11. The molecule has 2 aliphatic heterocycles. The molecule has 7 nitrogen and oxygen atoms in total. The summed E-state index contributed by atoms with van der Waals surface area (Å²) in [6.45, 7) is 9.18. The van der Waals surface area contributed by atoms with Crippen LogP contribution in [0.4, 0.5) is 0 Å². The lowest BCUT2D eigenvalue weighted by atomic mass is 10.0. The minimum atomic E-state index is 0.0331. The Morgan fingerprint density at radius 2 is 2.08 bits per heavy atom. The fraction of sp³-hybridized carbons (Fsp3) is 0.588. The van der Waals surface area contributed by atoms with E-state index in [0.29, 0.717) is 23.2 Å². The number of rotatable bonds is 2. The summed E-state index contributed by atoms with van der Waals surface area (Å²) in [7, 11) is 0. The molecular weight excluding hydrogens is 306 g/mol. The molecular formula is C17H23N5O2. The molecule has 2 fully saturated rings. The van der Waals surface area contributed by atoms with Crippen LogP contribution in [-0.2, 0) is 4.74 Å². The Labute approximate surface area is 141 Å². The standard InChI is InChI=1S/C17H23N5O2/c1-12-10-21(11-15(12)20-5-7-24-8-6-20)17(23)14-9-18-22-4-3-13(2)19-16(14)22/h3-4,9,12,15H,5-8,10-11H2,1-2H3/t12-,15+/m1/s1. The van der Waals surface area contributed by atoms with Gasteiger partial charge < -0.3 is 9.64 Å². The van der Waals surface area contributed by atoms with E-state index in [9.17, 15) is 4.79 Å². The summed E-state index contributed by atoms with van der Waals surface area (Å²) in [5.41, 5.74) is 2.12. The number of amides is 1. The highest BCUT2D eigenvalue weighted by Gasteiger charge is 2.37. The summed E-state index contributed by atoms with van der Waals surface area (Å²) < 4.78 is 7.11. The van der Waals surface area contributed by atoms with Gasteiger partial charge in [0.25, 0.3) is 5.91 Å². The van der Waals surface area contributed by atoms with Crippen LogP contribution in [0.15, 0.2) is 18.5 Å². The monoisotopic (exact) mass is 329 g/mol. The van der Waals surface area contributed by atoms with Crippen LogP contribution in [0.25, 0.3) is 5.65 Å². The molecule has 0 radical (unpaired) electrons. The van der Waals surface area contributed by atoms with Crippen LogP contribution in [0.1, 0.15) is 23.0 Å². The Morgan fingerprint density at radius 1 is 1.29 bits per heavy atom. The van der Waals surface area contributed by atoms with Crippen LogP contribution in [-0.4, -0.2) is 75.7 Å². The normalized spacial score (nSPS) is 25.5. The van der Waals surface area contributed by atoms with Gasteiger partial charge in [0, 0.05) is 44.1 Å². The number of ether oxygens (including phenoxy) is 1. The molecule has 24 heavy (non-hydrogen) atoms. The Hall–Kier alpha value is -1.99. The predicted molar refractivity (Wildman–Crippen MR) is 89.0 cm³/mol.